The molecule has 1 N–H and O–H groups in total. The molecule has 1 saturated heterocycles. The minimum Gasteiger partial charge on any atom is -0.379 e. The lowest BCUT2D eigenvalue weighted by Crippen LogP contribution is -2.43. The van der Waals surface area contributed by atoms with Gasteiger partial charge in [0.2, 0.25) is 0 Å². The number of hydrogen-bond donors (Lipinski definition) is 1. The van der Waals surface area contributed by atoms with E-state index in [0.717, 1.165) is 55.3 Å². The summed E-state index contributed by atoms with van der Waals surface area (Å²) in [4.78, 5) is 7.41. The van der Waals surface area contributed by atoms with Gasteiger partial charge in [0, 0.05) is 36.1 Å². The van der Waals surface area contributed by atoms with E-state index in [-0.39, 0.29) is 5.41 Å². The summed E-state index contributed by atoms with van der Waals surface area (Å²) in [6.45, 7) is 13.3. The van der Waals surface area contributed by atoms with E-state index in [4.69, 9.17) is 9.72 Å². The van der Waals surface area contributed by atoms with Gasteiger partial charge in [0.1, 0.15) is 0 Å². The molecule has 142 valence electrons. The van der Waals surface area contributed by atoms with Crippen molar-refractivity contribution in [2.24, 2.45) is 0 Å². The molecular formula is C22H28N4O. The molecule has 27 heavy (non-hydrogen) atoms. The molecule has 0 bridgehead atoms. The molecule has 0 aliphatic carbocycles. The van der Waals surface area contributed by atoms with Gasteiger partial charge in [0.25, 0.3) is 0 Å². The fraction of sp³-hybridized carbons (Fsp3) is 0.455. The van der Waals surface area contributed by atoms with Crippen LogP contribution in [0.3, 0.4) is 0 Å². The number of morpholine rings is 1. The molecule has 0 amide bonds. The number of hydrogen-bond acceptors (Lipinski definition) is 4. The zero-order valence-electron chi connectivity index (χ0n) is 16.7. The summed E-state index contributed by atoms with van der Waals surface area (Å²) in [5.74, 6) is 0. The second kappa shape index (κ2) is 7.06. The topological polar surface area (TPSA) is 54.0 Å². The first-order valence-electron chi connectivity index (χ1n) is 9.67. The quantitative estimate of drug-likeness (QED) is 0.764. The summed E-state index contributed by atoms with van der Waals surface area (Å²) < 4.78 is 5.50. The van der Waals surface area contributed by atoms with Gasteiger partial charge in [-0.05, 0) is 31.0 Å². The molecule has 3 heterocycles. The molecule has 4 rings (SSSR count). The average molecular weight is 364 g/mol. The number of aryl methyl sites for hydroxylation is 2. The van der Waals surface area contributed by atoms with Crippen LogP contribution in [0.1, 0.15) is 30.8 Å². The molecule has 0 atom stereocenters. The summed E-state index contributed by atoms with van der Waals surface area (Å²) >= 11 is 0. The van der Waals surface area contributed by atoms with E-state index >= 15 is 0 Å². The fourth-order valence-corrected chi connectivity index (χ4v) is 3.88. The van der Waals surface area contributed by atoms with Gasteiger partial charge >= 0.3 is 0 Å². The van der Waals surface area contributed by atoms with Crippen molar-refractivity contribution in [2.75, 3.05) is 32.8 Å². The van der Waals surface area contributed by atoms with E-state index < -0.39 is 0 Å². The summed E-state index contributed by atoms with van der Waals surface area (Å²) in [6, 6.07) is 11.0. The zero-order valence-corrected chi connectivity index (χ0v) is 16.7. The maximum atomic E-state index is 5.50. The van der Waals surface area contributed by atoms with Crippen LogP contribution in [0.5, 0.6) is 0 Å². The first-order valence-corrected chi connectivity index (χ1v) is 9.67. The number of aromatic amines is 1. The highest BCUT2D eigenvalue weighted by Crippen LogP contribution is 2.34. The molecular weight excluding hydrogens is 336 g/mol. The number of pyridine rings is 1. The highest BCUT2D eigenvalue weighted by molar-refractivity contribution is 5.94. The second-order valence-corrected chi connectivity index (χ2v) is 8.24. The smallest absolute Gasteiger partial charge is 0.182 e. The largest absolute Gasteiger partial charge is 0.379 e. The van der Waals surface area contributed by atoms with Gasteiger partial charge in [-0.1, -0.05) is 43.7 Å². The van der Waals surface area contributed by atoms with Gasteiger partial charge in [-0.15, -0.1) is 0 Å². The lowest BCUT2D eigenvalue weighted by atomic mass is 9.86. The number of nitrogens with zero attached hydrogens (tertiary/aromatic N) is 3. The maximum absolute atomic E-state index is 5.50. The molecule has 2 aromatic heterocycles. The predicted octanol–water partition coefficient (Wildman–Crippen LogP) is 3.85. The summed E-state index contributed by atoms with van der Waals surface area (Å²) in [5, 5.41) is 8.71. The highest BCUT2D eigenvalue weighted by Gasteiger charge is 2.28. The van der Waals surface area contributed by atoms with Crippen LogP contribution in [0.4, 0.5) is 0 Å². The van der Waals surface area contributed by atoms with Crippen molar-refractivity contribution in [3.63, 3.8) is 0 Å². The first kappa shape index (κ1) is 18.1. The van der Waals surface area contributed by atoms with Gasteiger partial charge < -0.3 is 4.74 Å². The Bertz CT molecular complexity index is 937. The zero-order chi connectivity index (χ0) is 19.0. The van der Waals surface area contributed by atoms with E-state index in [0.29, 0.717) is 0 Å². The molecule has 5 nitrogen and oxygen atoms in total. The van der Waals surface area contributed by atoms with Crippen molar-refractivity contribution in [2.45, 2.75) is 33.1 Å². The van der Waals surface area contributed by atoms with E-state index in [1.54, 1.807) is 0 Å². The lowest BCUT2D eigenvalue weighted by Gasteiger charge is -2.34. The number of nitrogens with one attached hydrogen (secondary N) is 1. The number of fused-ring (bicyclic) bond motifs is 1. The van der Waals surface area contributed by atoms with Gasteiger partial charge in [0.15, 0.2) is 5.65 Å². The Hall–Kier alpha value is -2.24. The van der Waals surface area contributed by atoms with Crippen LogP contribution in [0.2, 0.25) is 0 Å². The van der Waals surface area contributed by atoms with Crippen LogP contribution >= 0.6 is 0 Å². The molecule has 1 aromatic carbocycles. The van der Waals surface area contributed by atoms with Crippen molar-refractivity contribution in [1.29, 1.82) is 0 Å². The normalized spacial score (nSPS) is 16.1. The molecule has 1 aliphatic rings. The van der Waals surface area contributed by atoms with Crippen molar-refractivity contribution < 1.29 is 4.74 Å². The van der Waals surface area contributed by atoms with Crippen LogP contribution < -0.4 is 0 Å². The molecule has 5 heteroatoms. The average Bonchev–Trinajstić information content (AvgIpc) is 3.03. The number of H-pyrrole nitrogens is 1. The van der Waals surface area contributed by atoms with Crippen molar-refractivity contribution >= 4 is 11.0 Å². The second-order valence-electron chi connectivity index (χ2n) is 8.24. The van der Waals surface area contributed by atoms with Crippen molar-refractivity contribution in [3.8, 4) is 11.1 Å². The molecule has 0 radical (unpaired) electrons. The Morgan fingerprint density at radius 3 is 2.52 bits per heavy atom. The molecule has 1 fully saturated rings. The van der Waals surface area contributed by atoms with Crippen LogP contribution in [0.15, 0.2) is 30.3 Å². The molecule has 3 aromatic rings. The predicted molar refractivity (Wildman–Crippen MR) is 109 cm³/mol. The number of benzene rings is 1. The first-order chi connectivity index (χ1) is 12.9. The van der Waals surface area contributed by atoms with E-state index in [1.165, 1.54) is 16.7 Å². The summed E-state index contributed by atoms with van der Waals surface area (Å²) in [5.41, 5.74) is 6.56. The maximum Gasteiger partial charge on any atom is 0.182 e. The van der Waals surface area contributed by atoms with Crippen molar-refractivity contribution in [1.82, 2.24) is 20.1 Å². The standard InChI is InChI=1S/C22H28N4O/c1-15-5-7-17(8-6-15)18-13-19(23-21-20(18)16(2)24-25-21)22(3,4)14-26-9-11-27-12-10-26/h5-8,13H,9-12,14H2,1-4H3,(H,23,24,25). The summed E-state index contributed by atoms with van der Waals surface area (Å²) in [7, 11) is 0. The third-order valence-corrected chi connectivity index (χ3v) is 5.48. The van der Waals surface area contributed by atoms with Crippen LogP contribution in [-0.2, 0) is 10.2 Å². The van der Waals surface area contributed by atoms with Gasteiger partial charge in [-0.3, -0.25) is 10.00 Å². The van der Waals surface area contributed by atoms with Crippen molar-refractivity contribution in [3.05, 3.63) is 47.3 Å². The molecule has 1 aliphatic heterocycles. The number of rotatable bonds is 4. The van der Waals surface area contributed by atoms with E-state index in [1.807, 2.05) is 0 Å². The Balaban J connectivity index is 1.78. The minimum absolute atomic E-state index is 0.0716. The van der Waals surface area contributed by atoms with Crippen LogP contribution in [-0.4, -0.2) is 52.9 Å². The van der Waals surface area contributed by atoms with Crippen LogP contribution in [0, 0.1) is 13.8 Å². The Morgan fingerprint density at radius 1 is 1.11 bits per heavy atom. The van der Waals surface area contributed by atoms with Crippen LogP contribution in [0.25, 0.3) is 22.2 Å². The Kier molecular flexibility index (Phi) is 4.74. The van der Waals surface area contributed by atoms with Gasteiger partial charge in [-0.25, -0.2) is 4.98 Å². The third-order valence-electron chi connectivity index (χ3n) is 5.48. The van der Waals surface area contributed by atoms with Gasteiger partial charge in [0.05, 0.1) is 18.9 Å². The summed E-state index contributed by atoms with van der Waals surface area (Å²) in [6.07, 6.45) is 0. The third kappa shape index (κ3) is 3.62. The monoisotopic (exact) mass is 364 g/mol. The number of ether oxygens (including phenoxy) is 1. The van der Waals surface area contributed by atoms with Gasteiger partial charge in [-0.2, -0.15) is 5.10 Å². The Morgan fingerprint density at radius 2 is 1.81 bits per heavy atom. The molecule has 0 spiro atoms. The SMILES string of the molecule is Cc1ccc(-c2cc(C(C)(C)CN3CCOCC3)nc3n[nH]c(C)c23)cc1. The fourth-order valence-electron chi connectivity index (χ4n) is 3.88. The minimum atomic E-state index is -0.0716. The Labute approximate surface area is 160 Å². The van der Waals surface area contributed by atoms with E-state index in [2.05, 4.69) is 73.1 Å². The van der Waals surface area contributed by atoms with E-state index in [9.17, 15) is 0 Å². The molecule has 0 saturated carbocycles. The number of aromatic nitrogens is 3. The lowest BCUT2D eigenvalue weighted by molar-refractivity contribution is 0.0293. The highest BCUT2D eigenvalue weighted by atomic mass is 16.5. The molecule has 0 unspecified atom stereocenters.